The number of unbranched alkanes of at least 4 members (excludes halogenated alkanes) is 4. The van der Waals surface area contributed by atoms with Crippen LogP contribution in [0.5, 0.6) is 11.5 Å². The van der Waals surface area contributed by atoms with Gasteiger partial charge >= 0.3 is 18.1 Å². The predicted octanol–water partition coefficient (Wildman–Crippen LogP) is 9.60. The first-order chi connectivity index (χ1) is 56.7. The van der Waals surface area contributed by atoms with Crippen molar-refractivity contribution in [2.75, 3.05) is 26.3 Å². The zero-order valence-corrected chi connectivity index (χ0v) is 67.4. The van der Waals surface area contributed by atoms with Gasteiger partial charge in [-0.3, -0.25) is 97.1 Å². The average Bonchev–Trinajstić information content (AvgIpc) is 1.60. The fourth-order valence-electron chi connectivity index (χ4n) is 13.9. The molecule has 0 radical (unpaired) electrons. The first-order valence-electron chi connectivity index (χ1n) is 37.7. The van der Waals surface area contributed by atoms with Gasteiger partial charge in [0, 0.05) is 69.3 Å². The number of carbonyl (C=O) groups is 13. The number of fused-ring (bicyclic) bond motifs is 8. The molecule has 0 spiro atoms. The number of ether oxygens (including phenoxy) is 2. The number of halogens is 4. The third kappa shape index (κ3) is 19.5. The normalized spacial score (nSPS) is 16.9. The summed E-state index contributed by atoms with van der Waals surface area (Å²) in [6.45, 7) is 12.5. The molecule has 2 saturated heterocycles. The van der Waals surface area contributed by atoms with Crippen LogP contribution in [0.25, 0.3) is 10.0 Å². The van der Waals surface area contributed by atoms with Gasteiger partial charge in [-0.2, -0.15) is 18.4 Å². The third-order valence-corrected chi connectivity index (χ3v) is 22.8. The zero-order valence-electron chi connectivity index (χ0n) is 65.0. The van der Waals surface area contributed by atoms with Crippen molar-refractivity contribution in [2.45, 2.75) is 162 Å². The minimum Gasteiger partial charge on any atom is -0.485 e. The van der Waals surface area contributed by atoms with E-state index in [1.165, 1.54) is 35.2 Å². The van der Waals surface area contributed by atoms with E-state index in [1.807, 2.05) is 59.4 Å². The van der Waals surface area contributed by atoms with E-state index in [0.29, 0.717) is 73.3 Å². The van der Waals surface area contributed by atoms with Crippen LogP contribution in [-0.4, -0.2) is 182 Å². The number of benzene rings is 4. The molecule has 620 valence electrons. The highest BCUT2D eigenvalue weighted by Gasteiger charge is 2.48. The molecule has 0 aliphatic carbocycles. The number of nitriles is 1. The molecule has 7 N–H and O–H groups in total. The highest BCUT2D eigenvalue weighted by atomic mass is 35.5. The molecule has 4 atom stereocenters. The standard InChI is InChI=1S/C40H38N8O7S.C20H23N3O6.C19H17ClN4O2S.C2HF3O2/c1-21-22(2)56-40-33(21)35(25-13-11-24(19-41)12-14-25)43-28(36-46-45-23(3)47(36)40)18-32(51)42-17-6-4-5-8-26(49)20-55-30-10-7-9-27-34(30)39(54)48(38(27)53)29-15-16-31(50)44-37(29)52;21-10-3-1-2-5-12(24)11-29-15-7-4-6-13-17(15)20(28)23(19(13)27)14-8-9-16(25)22-18(14)26;1-9-10(2)27-19-16(9)17(12-4-6-13(20)7-5-12)21-14(8-15(25)26)18-23-22-11(3)24(18)19;3-2(4,5)1(6)7/h7,9-14,28-29H,4-6,8,15-18,20H2,1-3H3,(H,42,51)(H,44,50,52);4,6-7,14H,1-3,5,8-11,21H2,(H,22,25,26);4-7,14H,8H2,1-3H3,(H,25,26);(H,6,7)/t28-,29?;;14-;/m0.0./s1. The summed E-state index contributed by atoms with van der Waals surface area (Å²) < 4.78 is 46.9. The summed E-state index contributed by atoms with van der Waals surface area (Å²) in [5, 5.41) is 53.0. The number of carboxylic acids is 2. The molecule has 32 nitrogen and oxygen atoms in total. The van der Waals surface area contributed by atoms with Gasteiger partial charge in [0.05, 0.1) is 58.2 Å². The maximum absolute atomic E-state index is 13.3. The lowest BCUT2D eigenvalue weighted by Gasteiger charge is -2.27. The second-order valence-corrected chi connectivity index (χ2v) is 31.1. The number of ketones is 2. The Hall–Kier alpha value is -12.7. The van der Waals surface area contributed by atoms with Crippen LogP contribution in [0.3, 0.4) is 0 Å². The first-order valence-corrected chi connectivity index (χ1v) is 39.7. The van der Waals surface area contributed by atoms with Crippen LogP contribution >= 0.6 is 34.3 Å². The van der Waals surface area contributed by atoms with Gasteiger partial charge in [0.25, 0.3) is 23.6 Å². The van der Waals surface area contributed by atoms with Crippen molar-refractivity contribution in [3.05, 3.63) is 184 Å². The van der Waals surface area contributed by atoms with Crippen LogP contribution in [0, 0.1) is 52.9 Å². The monoisotopic (exact) mass is 1690 g/mol. The Labute approximate surface area is 690 Å². The van der Waals surface area contributed by atoms with Gasteiger partial charge in [-0.1, -0.05) is 60.8 Å². The van der Waals surface area contributed by atoms with Gasteiger partial charge in [0.1, 0.15) is 70.5 Å². The molecule has 10 heterocycles. The smallest absolute Gasteiger partial charge is 0.485 e. The number of carbonyl (C=O) groups excluding carboxylic acids is 11. The van der Waals surface area contributed by atoms with Gasteiger partial charge in [-0.15, -0.1) is 43.1 Å². The molecule has 4 aromatic carbocycles. The number of aryl methyl sites for hydroxylation is 4. The van der Waals surface area contributed by atoms with Crippen molar-refractivity contribution in [1.82, 2.24) is 55.3 Å². The number of piperidine rings is 2. The number of carboxylic acid groups (broad SMARTS) is 2. The summed E-state index contributed by atoms with van der Waals surface area (Å²) >= 11 is 9.32. The summed E-state index contributed by atoms with van der Waals surface area (Å²) in [5.41, 5.74) is 13.6. The lowest BCUT2D eigenvalue weighted by atomic mass is 9.99. The first kappa shape index (κ1) is 87.2. The van der Waals surface area contributed by atoms with Crippen LogP contribution in [0.1, 0.15) is 215 Å². The molecule has 8 aromatic rings. The number of aliphatic imine (C=N–C) groups is 2. The Kier molecular flexibility index (Phi) is 27.6. The average molecular weight is 1690 g/mol. The molecule has 38 heteroatoms. The molecule has 9 amide bonds. The van der Waals surface area contributed by atoms with Crippen molar-refractivity contribution in [3.63, 3.8) is 0 Å². The Morgan fingerprint density at radius 3 is 1.43 bits per heavy atom. The van der Waals surface area contributed by atoms with Gasteiger partial charge in [0.2, 0.25) is 29.5 Å². The van der Waals surface area contributed by atoms with E-state index in [2.05, 4.69) is 70.1 Å². The highest BCUT2D eigenvalue weighted by molar-refractivity contribution is 7.15. The number of nitrogens with two attached hydrogens (primary N) is 1. The van der Waals surface area contributed by atoms with Crippen LogP contribution in [0.2, 0.25) is 5.02 Å². The van der Waals surface area contributed by atoms with Crippen molar-refractivity contribution in [1.29, 1.82) is 5.26 Å². The lowest BCUT2D eigenvalue weighted by molar-refractivity contribution is -0.192. The summed E-state index contributed by atoms with van der Waals surface area (Å²) in [5.74, 6) is -6.37. The number of Topliss-reactive ketones (excluding diaryl/α,β-unsaturated/α-hetero) is 2. The Morgan fingerprint density at radius 1 is 0.588 bits per heavy atom. The van der Waals surface area contributed by atoms with E-state index >= 15 is 0 Å². The number of rotatable bonds is 25. The second kappa shape index (κ2) is 37.7. The SMILES string of the molecule is Cc1sc2c(c1C)C(c1ccc(C#N)cc1)=N[C@@H](CC(=O)NCCCCCC(=O)COc1cccc3c1C(=O)N(C1CCC(=O)NC1=O)C3=O)c1nnc(C)n1-2.Cc1sc2c(c1C)C(c1ccc(Cl)cc1)=N[C@@H](CC(=O)O)c1nnc(C)n1-2.NCCCCCC(=O)COc1cccc2c1C(=O)N(C1CCC(=O)NC1=O)C2=O.O=C(O)C(F)(F)F. The summed E-state index contributed by atoms with van der Waals surface area (Å²) in [6.07, 6.45) is -0.183. The van der Waals surface area contributed by atoms with Gasteiger partial charge in [0.15, 0.2) is 23.2 Å². The number of aliphatic carboxylic acids is 2. The van der Waals surface area contributed by atoms with Crippen molar-refractivity contribution in [2.24, 2.45) is 15.7 Å². The second-order valence-electron chi connectivity index (χ2n) is 28.3. The van der Waals surface area contributed by atoms with E-state index in [4.69, 9.17) is 46.7 Å². The van der Waals surface area contributed by atoms with Crippen LogP contribution in [0.15, 0.2) is 94.9 Å². The zero-order chi connectivity index (χ0) is 86.0. The number of imide groups is 4. The fourth-order valence-corrected chi connectivity index (χ4v) is 16.5. The van der Waals surface area contributed by atoms with E-state index in [0.717, 1.165) is 88.1 Å². The number of nitrogens with one attached hydrogen (secondary N) is 3. The van der Waals surface area contributed by atoms with Crippen LogP contribution < -0.4 is 31.2 Å². The minimum absolute atomic E-state index is 0.00727. The van der Waals surface area contributed by atoms with Gasteiger partial charge < -0.3 is 30.7 Å². The summed E-state index contributed by atoms with van der Waals surface area (Å²) in [6, 6.07) is 22.5. The molecule has 119 heavy (non-hydrogen) atoms. The molecule has 6 aliphatic rings. The molecule has 0 bridgehead atoms. The van der Waals surface area contributed by atoms with E-state index in [9.17, 15) is 81.1 Å². The molecule has 4 aromatic heterocycles. The molecule has 0 saturated carbocycles. The maximum Gasteiger partial charge on any atom is 0.490 e. The molecule has 2 unspecified atom stereocenters. The number of nitrogens with zero attached hydrogens (tertiary/aromatic N) is 11. The third-order valence-electron chi connectivity index (χ3n) is 20.1. The number of hydrogen-bond donors (Lipinski definition) is 6. The molecule has 2 fully saturated rings. The largest absolute Gasteiger partial charge is 0.490 e. The topological polar surface area (TPSA) is 459 Å². The Balaban J connectivity index is 0.000000184. The number of thiophene rings is 2. The maximum atomic E-state index is 13.3. The van der Waals surface area contributed by atoms with Gasteiger partial charge in [-0.25, -0.2) is 4.79 Å². The molecular formula is C81H79ClF3N15O17S2. The fraction of sp³-hybridized carbons (Fsp3) is 0.358. The Morgan fingerprint density at radius 2 is 1.02 bits per heavy atom. The highest BCUT2D eigenvalue weighted by Crippen LogP contribution is 2.43. The van der Waals surface area contributed by atoms with Crippen molar-refractivity contribution >= 4 is 122 Å². The predicted molar refractivity (Wildman–Crippen MR) is 423 cm³/mol. The quantitative estimate of drug-likeness (QED) is 0.0229. The van der Waals surface area contributed by atoms with Crippen LogP contribution in [-0.2, 0) is 43.2 Å². The molecule has 14 rings (SSSR count). The summed E-state index contributed by atoms with van der Waals surface area (Å²) in [7, 11) is 0. The lowest BCUT2D eigenvalue weighted by Crippen LogP contribution is -2.54. The molecular weight excluding hydrogens is 1610 g/mol. The summed E-state index contributed by atoms with van der Waals surface area (Å²) in [4.78, 5) is 172. The van der Waals surface area contributed by atoms with E-state index < -0.39 is 89.5 Å². The number of aromatic nitrogens is 6. The number of hydrogen-bond acceptors (Lipinski definition) is 25. The number of amides is 9. The Bertz CT molecular complexity index is 5530. The number of alkyl halides is 3. The van der Waals surface area contributed by atoms with Gasteiger partial charge in [-0.05, 0) is 146 Å². The minimum atomic E-state index is -5.08. The van der Waals surface area contributed by atoms with E-state index in [-0.39, 0.29) is 109 Å². The van der Waals surface area contributed by atoms with Crippen molar-refractivity contribution in [3.8, 4) is 27.6 Å². The van der Waals surface area contributed by atoms with Crippen molar-refractivity contribution < 1.29 is 95.2 Å². The van der Waals surface area contributed by atoms with E-state index in [1.54, 1.807) is 40.9 Å². The molecule has 6 aliphatic heterocycles. The van der Waals surface area contributed by atoms with Crippen LogP contribution in [0.4, 0.5) is 13.2 Å².